The topological polar surface area (TPSA) is 32.3 Å². The van der Waals surface area contributed by atoms with Crippen molar-refractivity contribution in [2.45, 2.75) is 25.9 Å². The molecule has 1 aliphatic rings. The standard InChI is InChI=1S/C13H18FNO/c1-9-3-4-11(7-12(9)14)13(16)5-6-15-8-10(13)2/h3-4,7,10,15-16H,5-6,8H2,1-2H3. The Bertz CT molecular complexity index is 394. The summed E-state index contributed by atoms with van der Waals surface area (Å²) in [5, 5.41) is 13.9. The summed E-state index contributed by atoms with van der Waals surface area (Å²) in [6.07, 6.45) is 0.636. The van der Waals surface area contributed by atoms with Gasteiger partial charge < -0.3 is 10.4 Å². The molecule has 2 unspecified atom stereocenters. The van der Waals surface area contributed by atoms with Gasteiger partial charge in [0.25, 0.3) is 0 Å². The lowest BCUT2D eigenvalue weighted by Gasteiger charge is -2.39. The highest BCUT2D eigenvalue weighted by atomic mass is 19.1. The Hall–Kier alpha value is -0.930. The molecule has 2 rings (SSSR count). The van der Waals surface area contributed by atoms with Crippen LogP contribution >= 0.6 is 0 Å². The zero-order valence-electron chi connectivity index (χ0n) is 9.76. The molecule has 0 aromatic heterocycles. The van der Waals surface area contributed by atoms with Gasteiger partial charge in [0.05, 0.1) is 5.60 Å². The molecule has 0 saturated carbocycles. The zero-order valence-corrected chi connectivity index (χ0v) is 9.76. The molecule has 0 amide bonds. The molecule has 1 heterocycles. The van der Waals surface area contributed by atoms with E-state index in [4.69, 9.17) is 0 Å². The second kappa shape index (κ2) is 4.15. The van der Waals surface area contributed by atoms with E-state index < -0.39 is 5.60 Å². The summed E-state index contributed by atoms with van der Waals surface area (Å²) in [6.45, 7) is 5.27. The molecule has 1 aromatic carbocycles. The molecule has 2 nitrogen and oxygen atoms in total. The average molecular weight is 223 g/mol. The van der Waals surface area contributed by atoms with E-state index in [1.165, 1.54) is 6.07 Å². The van der Waals surface area contributed by atoms with E-state index in [1.54, 1.807) is 13.0 Å². The van der Waals surface area contributed by atoms with Gasteiger partial charge in [0.2, 0.25) is 0 Å². The minimum Gasteiger partial charge on any atom is -0.385 e. The largest absolute Gasteiger partial charge is 0.385 e. The third kappa shape index (κ3) is 1.85. The lowest BCUT2D eigenvalue weighted by molar-refractivity contribution is -0.0394. The van der Waals surface area contributed by atoms with E-state index in [0.717, 1.165) is 13.1 Å². The third-order valence-corrected chi connectivity index (χ3v) is 3.62. The summed E-state index contributed by atoms with van der Waals surface area (Å²) in [4.78, 5) is 0. The van der Waals surface area contributed by atoms with Crippen molar-refractivity contribution in [1.82, 2.24) is 5.32 Å². The molecular weight excluding hydrogens is 205 g/mol. The Morgan fingerprint density at radius 2 is 2.25 bits per heavy atom. The number of rotatable bonds is 1. The second-order valence-electron chi connectivity index (χ2n) is 4.74. The summed E-state index contributed by atoms with van der Waals surface area (Å²) in [5.74, 6) is -0.139. The Balaban J connectivity index is 2.37. The molecule has 2 atom stereocenters. The number of halogens is 1. The van der Waals surface area contributed by atoms with Gasteiger partial charge in [-0.1, -0.05) is 19.1 Å². The van der Waals surface area contributed by atoms with Gasteiger partial charge in [-0.2, -0.15) is 0 Å². The lowest BCUT2D eigenvalue weighted by Crippen LogP contribution is -2.46. The minimum atomic E-state index is -0.889. The maximum atomic E-state index is 13.5. The van der Waals surface area contributed by atoms with E-state index in [1.807, 2.05) is 13.0 Å². The smallest absolute Gasteiger partial charge is 0.126 e. The van der Waals surface area contributed by atoms with Crippen LogP contribution in [0.1, 0.15) is 24.5 Å². The van der Waals surface area contributed by atoms with Gasteiger partial charge in [-0.3, -0.25) is 0 Å². The van der Waals surface area contributed by atoms with Crippen molar-refractivity contribution in [2.75, 3.05) is 13.1 Å². The van der Waals surface area contributed by atoms with Gasteiger partial charge in [0.15, 0.2) is 0 Å². The fraction of sp³-hybridized carbons (Fsp3) is 0.538. The summed E-state index contributed by atoms with van der Waals surface area (Å²) in [7, 11) is 0. The van der Waals surface area contributed by atoms with Gasteiger partial charge in [0, 0.05) is 12.5 Å². The van der Waals surface area contributed by atoms with Crippen molar-refractivity contribution in [1.29, 1.82) is 0 Å². The van der Waals surface area contributed by atoms with Gasteiger partial charge >= 0.3 is 0 Å². The van der Waals surface area contributed by atoms with E-state index in [2.05, 4.69) is 5.32 Å². The number of hydrogen-bond donors (Lipinski definition) is 2. The minimum absolute atomic E-state index is 0.100. The maximum absolute atomic E-state index is 13.5. The van der Waals surface area contributed by atoms with Crippen molar-refractivity contribution in [2.24, 2.45) is 5.92 Å². The summed E-state index contributed by atoms with van der Waals surface area (Å²) < 4.78 is 13.5. The monoisotopic (exact) mass is 223 g/mol. The molecule has 16 heavy (non-hydrogen) atoms. The Morgan fingerprint density at radius 3 is 2.88 bits per heavy atom. The van der Waals surface area contributed by atoms with Crippen molar-refractivity contribution >= 4 is 0 Å². The molecule has 1 aliphatic heterocycles. The lowest BCUT2D eigenvalue weighted by atomic mass is 9.77. The first kappa shape index (κ1) is 11.6. The predicted molar refractivity (Wildman–Crippen MR) is 61.7 cm³/mol. The first-order valence-electron chi connectivity index (χ1n) is 5.74. The second-order valence-corrected chi connectivity index (χ2v) is 4.74. The van der Waals surface area contributed by atoms with Gasteiger partial charge in [-0.05, 0) is 37.1 Å². The summed E-state index contributed by atoms with van der Waals surface area (Å²) in [6, 6.07) is 5.04. The highest BCUT2D eigenvalue weighted by molar-refractivity contribution is 5.29. The summed E-state index contributed by atoms with van der Waals surface area (Å²) in [5.41, 5.74) is 0.429. The van der Waals surface area contributed by atoms with Crippen LogP contribution in [0.3, 0.4) is 0 Å². The fourth-order valence-corrected chi connectivity index (χ4v) is 2.30. The van der Waals surface area contributed by atoms with Crippen LogP contribution in [0.15, 0.2) is 18.2 Å². The molecule has 2 N–H and O–H groups in total. The van der Waals surface area contributed by atoms with E-state index >= 15 is 0 Å². The highest BCUT2D eigenvalue weighted by Gasteiger charge is 2.37. The van der Waals surface area contributed by atoms with Crippen LogP contribution in [-0.2, 0) is 5.60 Å². The normalized spacial score (nSPS) is 30.4. The van der Waals surface area contributed by atoms with Crippen molar-refractivity contribution in [3.63, 3.8) is 0 Å². The maximum Gasteiger partial charge on any atom is 0.126 e. The first-order valence-corrected chi connectivity index (χ1v) is 5.74. The molecule has 1 aromatic rings. The van der Waals surface area contributed by atoms with Crippen LogP contribution in [0.5, 0.6) is 0 Å². The van der Waals surface area contributed by atoms with Gasteiger partial charge in [-0.25, -0.2) is 4.39 Å². The molecule has 88 valence electrons. The van der Waals surface area contributed by atoms with Crippen LogP contribution < -0.4 is 5.32 Å². The van der Waals surface area contributed by atoms with Gasteiger partial charge in [0.1, 0.15) is 5.82 Å². The molecule has 1 fully saturated rings. The zero-order chi connectivity index (χ0) is 11.8. The van der Waals surface area contributed by atoms with Crippen LogP contribution in [0.4, 0.5) is 4.39 Å². The first-order chi connectivity index (χ1) is 7.54. The third-order valence-electron chi connectivity index (χ3n) is 3.62. The number of nitrogens with one attached hydrogen (secondary N) is 1. The molecule has 0 spiro atoms. The number of benzene rings is 1. The number of aliphatic hydroxyl groups is 1. The number of piperidine rings is 1. The van der Waals surface area contributed by atoms with Crippen molar-refractivity contribution in [3.8, 4) is 0 Å². The molecular formula is C13H18FNO. The molecule has 0 bridgehead atoms. The number of aryl methyl sites for hydroxylation is 1. The molecule has 1 saturated heterocycles. The van der Waals surface area contributed by atoms with Crippen LogP contribution in [-0.4, -0.2) is 18.2 Å². The van der Waals surface area contributed by atoms with E-state index in [9.17, 15) is 9.50 Å². The number of hydrogen-bond acceptors (Lipinski definition) is 2. The van der Waals surface area contributed by atoms with Crippen molar-refractivity contribution in [3.05, 3.63) is 35.1 Å². The summed E-state index contributed by atoms with van der Waals surface area (Å²) >= 11 is 0. The van der Waals surface area contributed by atoms with E-state index in [-0.39, 0.29) is 11.7 Å². The molecule has 0 aliphatic carbocycles. The van der Waals surface area contributed by atoms with E-state index in [0.29, 0.717) is 17.5 Å². The Labute approximate surface area is 95.5 Å². The predicted octanol–water partition coefficient (Wildman–Crippen LogP) is 1.95. The van der Waals surface area contributed by atoms with Crippen LogP contribution in [0.25, 0.3) is 0 Å². The van der Waals surface area contributed by atoms with Crippen molar-refractivity contribution < 1.29 is 9.50 Å². The van der Waals surface area contributed by atoms with Crippen LogP contribution in [0.2, 0.25) is 0 Å². The average Bonchev–Trinajstić information content (AvgIpc) is 2.26. The van der Waals surface area contributed by atoms with Crippen LogP contribution in [0, 0.1) is 18.7 Å². The molecule has 3 heteroatoms. The Kier molecular flexibility index (Phi) is 3.00. The Morgan fingerprint density at radius 1 is 1.50 bits per heavy atom. The highest BCUT2D eigenvalue weighted by Crippen LogP contribution is 2.35. The SMILES string of the molecule is Cc1ccc(C2(O)CCNCC2C)cc1F. The van der Waals surface area contributed by atoms with Gasteiger partial charge in [-0.15, -0.1) is 0 Å². The fourth-order valence-electron chi connectivity index (χ4n) is 2.30. The molecule has 0 radical (unpaired) electrons. The quantitative estimate of drug-likeness (QED) is 0.762.